The Hall–Kier alpha value is -1.84. The number of amides is 1. The van der Waals surface area contributed by atoms with Gasteiger partial charge in [0.25, 0.3) is 0 Å². The number of carboxylic acids is 1. The summed E-state index contributed by atoms with van der Waals surface area (Å²) >= 11 is 0. The van der Waals surface area contributed by atoms with Crippen LogP contribution in [0.15, 0.2) is 18.2 Å². The zero-order valence-electron chi connectivity index (χ0n) is 11.9. The number of hydrogen-bond acceptors (Lipinski definition) is 2. The molecule has 0 aliphatic heterocycles. The molecule has 104 valence electrons. The predicted octanol–water partition coefficient (Wildman–Crippen LogP) is 2.22. The molecule has 1 unspecified atom stereocenters. The minimum absolute atomic E-state index is 0.205. The van der Waals surface area contributed by atoms with Gasteiger partial charge in [-0.05, 0) is 38.3 Å². The highest BCUT2D eigenvalue weighted by molar-refractivity contribution is 5.87. The van der Waals surface area contributed by atoms with Crippen molar-refractivity contribution in [1.82, 2.24) is 5.32 Å². The maximum Gasteiger partial charge on any atom is 0.329 e. The first kappa shape index (κ1) is 15.2. The Morgan fingerprint density at radius 1 is 1.32 bits per heavy atom. The third-order valence-electron chi connectivity index (χ3n) is 3.45. The van der Waals surface area contributed by atoms with Crippen LogP contribution in [-0.2, 0) is 16.0 Å². The first-order chi connectivity index (χ1) is 8.78. The highest BCUT2D eigenvalue weighted by Gasteiger charge is 2.32. The van der Waals surface area contributed by atoms with Gasteiger partial charge in [-0.15, -0.1) is 0 Å². The molecule has 0 aromatic heterocycles. The van der Waals surface area contributed by atoms with Crippen molar-refractivity contribution in [3.63, 3.8) is 0 Å². The summed E-state index contributed by atoms with van der Waals surface area (Å²) in [6.07, 6.45) is 0.553. The van der Waals surface area contributed by atoms with Crippen molar-refractivity contribution in [2.45, 2.75) is 46.1 Å². The lowest BCUT2D eigenvalue weighted by molar-refractivity contribution is -0.146. The molecular formula is C15H21NO3. The summed E-state index contributed by atoms with van der Waals surface area (Å²) in [6, 6.07) is 5.91. The van der Waals surface area contributed by atoms with Crippen LogP contribution in [0.5, 0.6) is 0 Å². The molecule has 0 aliphatic carbocycles. The van der Waals surface area contributed by atoms with Crippen molar-refractivity contribution in [3.05, 3.63) is 34.9 Å². The normalized spacial score (nSPS) is 13.7. The van der Waals surface area contributed by atoms with Gasteiger partial charge in [0.2, 0.25) is 5.91 Å². The quantitative estimate of drug-likeness (QED) is 0.856. The second-order valence-electron chi connectivity index (χ2n) is 5.15. The summed E-state index contributed by atoms with van der Waals surface area (Å²) in [7, 11) is 0. The third kappa shape index (κ3) is 3.81. The standard InChI is InChI=1S/C15H21NO3/c1-5-15(4,14(18)19)16-13(17)9-12-8-10(2)6-7-11(12)3/h6-8H,5,9H2,1-4H3,(H,16,17)(H,18,19). The molecule has 0 bridgehead atoms. The van der Waals surface area contributed by atoms with Crippen LogP contribution >= 0.6 is 0 Å². The van der Waals surface area contributed by atoms with E-state index in [1.165, 1.54) is 6.92 Å². The number of carboxylic acid groups (broad SMARTS) is 1. The SMILES string of the molecule is CCC(C)(NC(=O)Cc1cc(C)ccc1C)C(=O)O. The van der Waals surface area contributed by atoms with Gasteiger partial charge >= 0.3 is 5.97 Å². The summed E-state index contributed by atoms with van der Waals surface area (Å²) < 4.78 is 0. The lowest BCUT2D eigenvalue weighted by atomic mass is 9.97. The van der Waals surface area contributed by atoms with E-state index in [2.05, 4.69) is 5.32 Å². The van der Waals surface area contributed by atoms with E-state index in [4.69, 9.17) is 5.11 Å². The van der Waals surface area contributed by atoms with Crippen LogP contribution in [0, 0.1) is 13.8 Å². The highest BCUT2D eigenvalue weighted by atomic mass is 16.4. The minimum atomic E-state index is -1.20. The van der Waals surface area contributed by atoms with Crippen molar-refractivity contribution >= 4 is 11.9 Å². The number of carbonyl (C=O) groups excluding carboxylic acids is 1. The van der Waals surface area contributed by atoms with Gasteiger partial charge in [0.1, 0.15) is 5.54 Å². The first-order valence-electron chi connectivity index (χ1n) is 6.39. The number of nitrogens with one attached hydrogen (secondary N) is 1. The molecule has 1 rings (SSSR count). The molecule has 0 spiro atoms. The molecule has 19 heavy (non-hydrogen) atoms. The van der Waals surface area contributed by atoms with E-state index in [0.29, 0.717) is 6.42 Å². The van der Waals surface area contributed by atoms with Crippen LogP contribution in [0.1, 0.15) is 37.0 Å². The maximum absolute atomic E-state index is 12.0. The zero-order chi connectivity index (χ0) is 14.6. The molecular weight excluding hydrogens is 242 g/mol. The third-order valence-corrected chi connectivity index (χ3v) is 3.45. The predicted molar refractivity (Wildman–Crippen MR) is 74.1 cm³/mol. The number of aliphatic carboxylic acids is 1. The van der Waals surface area contributed by atoms with Crippen molar-refractivity contribution in [2.24, 2.45) is 0 Å². The molecule has 4 nitrogen and oxygen atoms in total. The second kappa shape index (κ2) is 5.87. The van der Waals surface area contributed by atoms with Gasteiger partial charge in [0.05, 0.1) is 6.42 Å². The van der Waals surface area contributed by atoms with E-state index in [0.717, 1.165) is 16.7 Å². The van der Waals surface area contributed by atoms with E-state index in [1.807, 2.05) is 32.0 Å². The summed E-state index contributed by atoms with van der Waals surface area (Å²) in [5, 5.41) is 11.7. The molecule has 2 N–H and O–H groups in total. The molecule has 1 amide bonds. The van der Waals surface area contributed by atoms with E-state index in [1.54, 1.807) is 6.92 Å². The summed E-state index contributed by atoms with van der Waals surface area (Å²) in [5.74, 6) is -1.27. The lowest BCUT2D eigenvalue weighted by Crippen LogP contribution is -2.52. The summed E-state index contributed by atoms with van der Waals surface area (Å²) in [4.78, 5) is 23.1. The summed E-state index contributed by atoms with van der Waals surface area (Å²) in [6.45, 7) is 7.18. The topological polar surface area (TPSA) is 66.4 Å². The largest absolute Gasteiger partial charge is 0.480 e. The smallest absolute Gasteiger partial charge is 0.329 e. The van der Waals surface area contributed by atoms with Crippen LogP contribution in [-0.4, -0.2) is 22.5 Å². The van der Waals surface area contributed by atoms with Gasteiger partial charge in [-0.3, -0.25) is 4.79 Å². The zero-order valence-corrected chi connectivity index (χ0v) is 11.9. The van der Waals surface area contributed by atoms with Gasteiger partial charge in [0, 0.05) is 0 Å². The van der Waals surface area contributed by atoms with Crippen molar-refractivity contribution in [3.8, 4) is 0 Å². The molecule has 0 saturated heterocycles. The maximum atomic E-state index is 12.0. The fourth-order valence-corrected chi connectivity index (χ4v) is 1.81. The Balaban J connectivity index is 2.80. The number of hydrogen-bond donors (Lipinski definition) is 2. The van der Waals surface area contributed by atoms with Crippen LogP contribution in [0.2, 0.25) is 0 Å². The number of aryl methyl sites for hydroxylation is 2. The van der Waals surface area contributed by atoms with Crippen LogP contribution < -0.4 is 5.32 Å². The number of benzene rings is 1. The number of rotatable bonds is 5. The Kier molecular flexibility index (Phi) is 4.70. The Labute approximate surface area is 113 Å². The summed E-state index contributed by atoms with van der Waals surface area (Å²) in [5.41, 5.74) is 1.86. The second-order valence-corrected chi connectivity index (χ2v) is 5.15. The van der Waals surface area contributed by atoms with Crippen molar-refractivity contribution in [2.75, 3.05) is 0 Å². The molecule has 1 aromatic carbocycles. The van der Waals surface area contributed by atoms with Gasteiger partial charge in [0.15, 0.2) is 0 Å². The molecule has 0 aliphatic rings. The fraction of sp³-hybridized carbons (Fsp3) is 0.467. The highest BCUT2D eigenvalue weighted by Crippen LogP contribution is 2.13. The Morgan fingerprint density at radius 3 is 2.47 bits per heavy atom. The first-order valence-corrected chi connectivity index (χ1v) is 6.39. The van der Waals surface area contributed by atoms with Crippen molar-refractivity contribution < 1.29 is 14.7 Å². The van der Waals surface area contributed by atoms with Crippen LogP contribution in [0.3, 0.4) is 0 Å². The Morgan fingerprint density at radius 2 is 1.95 bits per heavy atom. The molecule has 0 heterocycles. The molecule has 1 aromatic rings. The van der Waals surface area contributed by atoms with Gasteiger partial charge in [-0.2, -0.15) is 0 Å². The van der Waals surface area contributed by atoms with Crippen LogP contribution in [0.25, 0.3) is 0 Å². The Bertz CT molecular complexity index is 496. The molecule has 0 saturated carbocycles. The molecule has 4 heteroatoms. The van der Waals surface area contributed by atoms with Crippen LogP contribution in [0.4, 0.5) is 0 Å². The van der Waals surface area contributed by atoms with Gasteiger partial charge in [-0.1, -0.05) is 30.7 Å². The number of carbonyl (C=O) groups is 2. The average Bonchev–Trinajstić information content (AvgIpc) is 2.33. The van der Waals surface area contributed by atoms with E-state index < -0.39 is 11.5 Å². The molecule has 0 fully saturated rings. The lowest BCUT2D eigenvalue weighted by Gasteiger charge is -2.24. The van der Waals surface area contributed by atoms with Gasteiger partial charge < -0.3 is 10.4 Å². The molecule has 0 radical (unpaired) electrons. The van der Waals surface area contributed by atoms with Gasteiger partial charge in [-0.25, -0.2) is 4.79 Å². The molecule has 1 atom stereocenters. The van der Waals surface area contributed by atoms with E-state index in [-0.39, 0.29) is 12.3 Å². The van der Waals surface area contributed by atoms with E-state index >= 15 is 0 Å². The van der Waals surface area contributed by atoms with E-state index in [9.17, 15) is 9.59 Å². The average molecular weight is 263 g/mol. The minimum Gasteiger partial charge on any atom is -0.480 e. The monoisotopic (exact) mass is 263 g/mol. The van der Waals surface area contributed by atoms with Crippen molar-refractivity contribution in [1.29, 1.82) is 0 Å². The fourth-order valence-electron chi connectivity index (χ4n) is 1.81.